The predicted octanol–water partition coefficient (Wildman–Crippen LogP) is 1.37. The van der Waals surface area contributed by atoms with Gasteiger partial charge in [0.15, 0.2) is 0 Å². The lowest BCUT2D eigenvalue weighted by Crippen LogP contribution is -2.06. The number of nitrogens with two attached hydrogens (primary N) is 1. The van der Waals surface area contributed by atoms with Crippen molar-refractivity contribution >= 4 is 5.82 Å². The van der Waals surface area contributed by atoms with Gasteiger partial charge in [-0.3, -0.25) is 0 Å². The highest BCUT2D eigenvalue weighted by atomic mass is 15.0. The van der Waals surface area contributed by atoms with E-state index in [9.17, 15) is 0 Å². The smallest absolute Gasteiger partial charge is 0.144 e. The fraction of sp³-hybridized carbons (Fsp3) is 0.385. The number of rotatable bonds is 4. The first kappa shape index (κ1) is 11.6. The van der Waals surface area contributed by atoms with Crippen molar-refractivity contribution in [3.05, 3.63) is 35.0 Å². The topological polar surface area (TPSA) is 74.7 Å². The maximum atomic E-state index is 9.08. The van der Waals surface area contributed by atoms with Crippen molar-refractivity contribution in [3.8, 4) is 6.07 Å². The Morgan fingerprint density at radius 3 is 3.12 bits per heavy atom. The molecule has 88 valence electrons. The van der Waals surface area contributed by atoms with Crippen LogP contribution in [-0.2, 0) is 12.8 Å². The number of fused-ring (bicyclic) bond motifs is 1. The van der Waals surface area contributed by atoms with E-state index in [0.29, 0.717) is 24.5 Å². The van der Waals surface area contributed by atoms with Gasteiger partial charge in [-0.05, 0) is 30.9 Å². The second-order valence-corrected chi connectivity index (χ2v) is 4.04. The molecule has 0 aromatic carbocycles. The zero-order valence-electron chi connectivity index (χ0n) is 9.74. The molecule has 4 nitrogen and oxygen atoms in total. The van der Waals surface area contributed by atoms with Crippen molar-refractivity contribution in [2.24, 2.45) is 5.73 Å². The van der Waals surface area contributed by atoms with Crippen LogP contribution in [0.2, 0.25) is 0 Å². The monoisotopic (exact) mass is 228 g/mol. The van der Waals surface area contributed by atoms with Gasteiger partial charge < -0.3 is 11.1 Å². The molecule has 1 aromatic rings. The van der Waals surface area contributed by atoms with Crippen LogP contribution in [0.1, 0.15) is 23.2 Å². The molecule has 0 unspecified atom stereocenters. The van der Waals surface area contributed by atoms with E-state index in [4.69, 9.17) is 11.0 Å². The molecule has 17 heavy (non-hydrogen) atoms. The molecule has 1 aromatic heterocycles. The number of nitrogens with one attached hydrogen (secondary N) is 1. The van der Waals surface area contributed by atoms with Crippen molar-refractivity contribution in [2.45, 2.75) is 19.3 Å². The molecule has 0 aliphatic heterocycles. The molecule has 0 spiro atoms. The summed E-state index contributed by atoms with van der Waals surface area (Å²) in [7, 11) is 0. The number of hydrogen-bond donors (Lipinski definition) is 2. The first-order valence-electron chi connectivity index (χ1n) is 5.87. The second kappa shape index (κ2) is 5.46. The summed E-state index contributed by atoms with van der Waals surface area (Å²) >= 11 is 0. The molecular weight excluding hydrogens is 212 g/mol. The third-order valence-corrected chi connectivity index (χ3v) is 2.86. The fourth-order valence-electron chi connectivity index (χ4n) is 2.03. The van der Waals surface area contributed by atoms with Crippen LogP contribution in [0.3, 0.4) is 0 Å². The van der Waals surface area contributed by atoms with Crippen molar-refractivity contribution in [3.63, 3.8) is 0 Å². The molecule has 3 N–H and O–H groups in total. The van der Waals surface area contributed by atoms with Crippen molar-refractivity contribution in [2.75, 3.05) is 18.4 Å². The van der Waals surface area contributed by atoms with Gasteiger partial charge in [-0.1, -0.05) is 12.2 Å². The number of hydrogen-bond acceptors (Lipinski definition) is 4. The Labute approximate surface area is 101 Å². The molecule has 0 radical (unpaired) electrons. The molecule has 4 heteroatoms. The summed E-state index contributed by atoms with van der Waals surface area (Å²) in [6.45, 7) is 1.18. The Hall–Kier alpha value is -1.86. The van der Waals surface area contributed by atoms with Gasteiger partial charge in [-0.2, -0.15) is 5.26 Å². The van der Waals surface area contributed by atoms with E-state index >= 15 is 0 Å². The number of aromatic nitrogens is 1. The highest BCUT2D eigenvalue weighted by Crippen LogP contribution is 2.24. The van der Waals surface area contributed by atoms with Crippen LogP contribution < -0.4 is 11.1 Å². The van der Waals surface area contributed by atoms with Crippen LogP contribution in [0.25, 0.3) is 0 Å². The fourth-order valence-corrected chi connectivity index (χ4v) is 2.03. The molecule has 1 aliphatic rings. The summed E-state index contributed by atoms with van der Waals surface area (Å²) in [5, 5.41) is 12.2. The number of nitriles is 1. The van der Waals surface area contributed by atoms with Gasteiger partial charge in [0.25, 0.3) is 0 Å². The summed E-state index contributed by atoms with van der Waals surface area (Å²) in [5.74, 6) is 0.690. The average molecular weight is 228 g/mol. The van der Waals surface area contributed by atoms with E-state index in [2.05, 4.69) is 16.4 Å². The van der Waals surface area contributed by atoms with Gasteiger partial charge in [0.05, 0.1) is 5.56 Å². The van der Waals surface area contributed by atoms with E-state index in [1.165, 1.54) is 5.56 Å². The van der Waals surface area contributed by atoms with Crippen LogP contribution in [0.4, 0.5) is 5.82 Å². The Morgan fingerprint density at radius 1 is 1.47 bits per heavy atom. The Balaban J connectivity index is 2.16. The van der Waals surface area contributed by atoms with Crippen LogP contribution in [0.5, 0.6) is 0 Å². The molecule has 2 rings (SSSR count). The molecule has 0 bridgehead atoms. The highest BCUT2D eigenvalue weighted by molar-refractivity contribution is 5.55. The Bertz CT molecular complexity index is 471. The first-order chi connectivity index (χ1) is 8.35. The quantitative estimate of drug-likeness (QED) is 0.763. The van der Waals surface area contributed by atoms with Crippen LogP contribution >= 0.6 is 0 Å². The van der Waals surface area contributed by atoms with Gasteiger partial charge in [0.1, 0.15) is 11.9 Å². The van der Waals surface area contributed by atoms with Crippen LogP contribution in [0.15, 0.2) is 18.2 Å². The Morgan fingerprint density at radius 2 is 2.35 bits per heavy atom. The van der Waals surface area contributed by atoms with Crippen LogP contribution in [-0.4, -0.2) is 18.1 Å². The molecule has 0 saturated heterocycles. The summed E-state index contributed by atoms with van der Waals surface area (Å²) in [5.41, 5.74) is 8.35. The van der Waals surface area contributed by atoms with Gasteiger partial charge in [0.2, 0.25) is 0 Å². The Kier molecular flexibility index (Phi) is 3.73. The molecule has 0 fully saturated rings. The van der Waals surface area contributed by atoms with Crippen molar-refractivity contribution in [1.82, 2.24) is 4.98 Å². The average Bonchev–Trinajstić information content (AvgIpc) is 2.80. The minimum Gasteiger partial charge on any atom is -0.365 e. The summed E-state index contributed by atoms with van der Waals surface area (Å²) in [6.07, 6.45) is 7.03. The van der Waals surface area contributed by atoms with E-state index in [1.54, 1.807) is 0 Å². The standard InChI is InChI=1S/C13H16N4/c14-6-1-2-7-16-13-11(9-15)8-10-4-3-5-12(10)17-13/h1-2,8H,3-7,14H2,(H,16,17)/b2-1+. The van der Waals surface area contributed by atoms with Crippen molar-refractivity contribution < 1.29 is 0 Å². The normalized spacial score (nSPS) is 13.6. The summed E-state index contributed by atoms with van der Waals surface area (Å²) < 4.78 is 0. The highest BCUT2D eigenvalue weighted by Gasteiger charge is 2.15. The SMILES string of the molecule is N#Cc1cc2c(nc1NC/C=C/CN)CCC2. The largest absolute Gasteiger partial charge is 0.365 e. The van der Waals surface area contributed by atoms with Gasteiger partial charge in [-0.15, -0.1) is 0 Å². The zero-order chi connectivity index (χ0) is 12.1. The lowest BCUT2D eigenvalue weighted by atomic mass is 10.1. The third kappa shape index (κ3) is 2.63. The third-order valence-electron chi connectivity index (χ3n) is 2.86. The molecule has 0 atom stereocenters. The zero-order valence-corrected chi connectivity index (χ0v) is 9.74. The second-order valence-electron chi connectivity index (χ2n) is 4.04. The van der Waals surface area contributed by atoms with Crippen LogP contribution in [0, 0.1) is 11.3 Å². The van der Waals surface area contributed by atoms with Gasteiger partial charge in [-0.25, -0.2) is 4.98 Å². The van der Waals surface area contributed by atoms with E-state index in [0.717, 1.165) is 25.0 Å². The number of pyridine rings is 1. The lowest BCUT2D eigenvalue weighted by Gasteiger charge is -2.07. The molecule has 1 heterocycles. The first-order valence-corrected chi connectivity index (χ1v) is 5.87. The van der Waals surface area contributed by atoms with E-state index in [1.807, 2.05) is 18.2 Å². The summed E-state index contributed by atoms with van der Waals surface area (Å²) in [4.78, 5) is 4.52. The van der Waals surface area contributed by atoms with Gasteiger partial charge in [0, 0.05) is 18.8 Å². The van der Waals surface area contributed by atoms with E-state index < -0.39 is 0 Å². The van der Waals surface area contributed by atoms with E-state index in [-0.39, 0.29) is 0 Å². The molecular formula is C13H16N4. The molecule has 0 saturated carbocycles. The molecule has 0 amide bonds. The number of anilines is 1. The predicted molar refractivity (Wildman–Crippen MR) is 67.7 cm³/mol. The number of aryl methyl sites for hydroxylation is 2. The maximum absolute atomic E-state index is 9.08. The number of nitrogens with zero attached hydrogens (tertiary/aromatic N) is 2. The lowest BCUT2D eigenvalue weighted by molar-refractivity contribution is 0.899. The maximum Gasteiger partial charge on any atom is 0.144 e. The van der Waals surface area contributed by atoms with Gasteiger partial charge >= 0.3 is 0 Å². The minimum atomic E-state index is 0.532. The minimum absolute atomic E-state index is 0.532. The van der Waals surface area contributed by atoms with Crippen molar-refractivity contribution in [1.29, 1.82) is 5.26 Å². The summed E-state index contributed by atoms with van der Waals surface area (Å²) in [6, 6.07) is 4.16. The molecule has 1 aliphatic carbocycles.